The molecule has 3 N–H and O–H groups in total. The number of hydrogen-bond donors (Lipinski definition) is 3. The zero-order valence-corrected chi connectivity index (χ0v) is 19.8. The molecule has 1 amide bonds. The quantitative estimate of drug-likeness (QED) is 0.248. The van der Waals surface area contributed by atoms with Crippen LogP contribution in [-0.2, 0) is 4.74 Å². The van der Waals surface area contributed by atoms with Crippen molar-refractivity contribution in [2.24, 2.45) is 0 Å². The summed E-state index contributed by atoms with van der Waals surface area (Å²) in [4.78, 5) is 12.9. The number of nitrogens with one attached hydrogen (secondary N) is 1. The molecule has 0 bridgehead atoms. The molecule has 4 aromatic carbocycles. The number of carbonyl (C=O) groups is 1. The number of benzene rings is 4. The van der Waals surface area contributed by atoms with Crippen molar-refractivity contribution in [3.05, 3.63) is 101 Å². The van der Waals surface area contributed by atoms with Gasteiger partial charge in [-0.3, -0.25) is 5.32 Å². The average Bonchev–Trinajstić information content (AvgIpc) is 2.85. The maximum absolute atomic E-state index is 12.9. The predicted octanol–water partition coefficient (Wildman–Crippen LogP) is 6.43. The van der Waals surface area contributed by atoms with E-state index >= 15 is 0 Å². The van der Waals surface area contributed by atoms with Crippen molar-refractivity contribution in [2.45, 2.75) is 18.6 Å². The van der Waals surface area contributed by atoms with E-state index in [0.717, 1.165) is 9.86 Å². The minimum Gasteiger partial charge on any atom is -0.507 e. The molecule has 0 saturated heterocycles. The number of halogens is 1. The fourth-order valence-electron chi connectivity index (χ4n) is 3.76. The summed E-state index contributed by atoms with van der Waals surface area (Å²) in [5, 5.41) is 24.2. The van der Waals surface area contributed by atoms with Crippen LogP contribution < -0.4 is 10.1 Å². The van der Waals surface area contributed by atoms with Crippen molar-refractivity contribution in [1.29, 1.82) is 0 Å². The van der Waals surface area contributed by atoms with Gasteiger partial charge in [-0.25, -0.2) is 4.79 Å². The van der Waals surface area contributed by atoms with Crippen LogP contribution in [0.2, 0.25) is 0 Å². The first kappa shape index (κ1) is 23.6. The fraction of sp³-hybridized carbons (Fsp3) is 0.148. The first-order chi connectivity index (χ1) is 16.5. The molecule has 0 fully saturated rings. The maximum Gasteiger partial charge on any atom is 0.412 e. The van der Waals surface area contributed by atoms with Crippen LogP contribution in [0.3, 0.4) is 0 Å². The number of carbonyl (C=O) groups excluding carboxylic acids is 1. The van der Waals surface area contributed by atoms with E-state index in [1.54, 1.807) is 42.5 Å². The summed E-state index contributed by atoms with van der Waals surface area (Å²) in [5.74, 6) is 0.714. The van der Waals surface area contributed by atoms with Gasteiger partial charge in [-0.05, 0) is 47.9 Å². The van der Waals surface area contributed by atoms with Gasteiger partial charge in [-0.2, -0.15) is 0 Å². The molecule has 0 unspecified atom stereocenters. The maximum atomic E-state index is 12.9. The predicted molar refractivity (Wildman–Crippen MR) is 135 cm³/mol. The lowest BCUT2D eigenvalue weighted by Crippen LogP contribution is -2.32. The van der Waals surface area contributed by atoms with E-state index in [0.29, 0.717) is 22.4 Å². The molecule has 0 radical (unpaired) electrons. The van der Waals surface area contributed by atoms with E-state index in [1.807, 2.05) is 48.5 Å². The molecular weight excluding hydrogens is 498 g/mol. The van der Waals surface area contributed by atoms with E-state index in [-0.39, 0.29) is 18.8 Å². The van der Waals surface area contributed by atoms with Gasteiger partial charge in [0.2, 0.25) is 0 Å². The highest BCUT2D eigenvalue weighted by atomic mass is 79.9. The molecular formula is C27H24BrNO5. The summed E-state index contributed by atoms with van der Waals surface area (Å²) in [7, 11) is 0. The van der Waals surface area contributed by atoms with Gasteiger partial charge in [0.1, 0.15) is 17.6 Å². The van der Waals surface area contributed by atoms with Crippen molar-refractivity contribution in [3.8, 4) is 11.5 Å². The molecule has 0 spiro atoms. The number of aliphatic hydroxyl groups is 1. The molecule has 6 nitrogen and oxygen atoms in total. The Morgan fingerprint density at radius 2 is 1.56 bits per heavy atom. The van der Waals surface area contributed by atoms with Crippen LogP contribution >= 0.6 is 15.9 Å². The van der Waals surface area contributed by atoms with Crippen LogP contribution in [0.4, 0.5) is 10.5 Å². The number of amides is 1. The second-order valence-electron chi connectivity index (χ2n) is 7.66. The van der Waals surface area contributed by atoms with Crippen LogP contribution in [0.1, 0.15) is 18.1 Å². The third-order valence-corrected chi connectivity index (χ3v) is 5.88. The Hall–Kier alpha value is -3.55. The van der Waals surface area contributed by atoms with Crippen LogP contribution in [0.5, 0.6) is 11.5 Å². The van der Waals surface area contributed by atoms with Crippen molar-refractivity contribution in [1.82, 2.24) is 0 Å². The Labute approximate surface area is 205 Å². The third kappa shape index (κ3) is 5.68. The number of ether oxygens (including phenoxy) is 2. The third-order valence-electron chi connectivity index (χ3n) is 5.35. The number of phenolic OH excluding ortho intramolecular Hbond substituents is 1. The highest BCUT2D eigenvalue weighted by Gasteiger charge is 2.30. The van der Waals surface area contributed by atoms with Crippen LogP contribution in [0.25, 0.3) is 10.8 Å². The van der Waals surface area contributed by atoms with Crippen molar-refractivity contribution in [3.63, 3.8) is 0 Å². The zero-order chi connectivity index (χ0) is 23.9. The zero-order valence-electron chi connectivity index (χ0n) is 18.2. The minimum atomic E-state index is -0.867. The molecule has 0 saturated carbocycles. The Balaban J connectivity index is 1.71. The van der Waals surface area contributed by atoms with Gasteiger partial charge >= 0.3 is 6.09 Å². The SMILES string of the molecule is O=C(Nc1ccc(Br)cc1)O[C@@H](c1ccc(O)c2ccccc12)[C@H](CCO)Oc1ccccc1. The number of para-hydroxylation sites is 1. The molecule has 0 aromatic heterocycles. The Bertz CT molecular complexity index is 1250. The monoisotopic (exact) mass is 521 g/mol. The van der Waals surface area contributed by atoms with Gasteiger partial charge in [0, 0.05) is 34.1 Å². The van der Waals surface area contributed by atoms with E-state index in [9.17, 15) is 15.0 Å². The number of hydrogen-bond acceptors (Lipinski definition) is 5. The van der Waals surface area contributed by atoms with Crippen molar-refractivity contribution >= 4 is 38.5 Å². The number of phenols is 1. The molecule has 0 heterocycles. The summed E-state index contributed by atoms with van der Waals surface area (Å²) in [5.41, 5.74) is 1.24. The topological polar surface area (TPSA) is 88.0 Å². The number of fused-ring (bicyclic) bond motifs is 1. The first-order valence-corrected chi connectivity index (χ1v) is 11.6. The lowest BCUT2D eigenvalue weighted by molar-refractivity contribution is 0.00983. The Kier molecular flexibility index (Phi) is 7.67. The summed E-state index contributed by atoms with van der Waals surface area (Å²) in [6.07, 6.45) is -1.99. The lowest BCUT2D eigenvalue weighted by Gasteiger charge is -2.29. The Morgan fingerprint density at radius 3 is 2.26 bits per heavy atom. The highest BCUT2D eigenvalue weighted by Crippen LogP contribution is 2.36. The van der Waals surface area contributed by atoms with E-state index in [1.165, 1.54) is 0 Å². The van der Waals surface area contributed by atoms with Gasteiger partial charge in [0.15, 0.2) is 6.10 Å². The van der Waals surface area contributed by atoms with E-state index < -0.39 is 18.3 Å². The fourth-order valence-corrected chi connectivity index (χ4v) is 4.03. The minimum absolute atomic E-state index is 0.125. The second kappa shape index (κ2) is 11.0. The molecule has 0 aliphatic carbocycles. The van der Waals surface area contributed by atoms with Crippen LogP contribution in [-0.4, -0.2) is 29.0 Å². The highest BCUT2D eigenvalue weighted by molar-refractivity contribution is 9.10. The summed E-state index contributed by atoms with van der Waals surface area (Å²) < 4.78 is 13.0. The van der Waals surface area contributed by atoms with Crippen LogP contribution in [0, 0.1) is 0 Å². The summed E-state index contributed by atoms with van der Waals surface area (Å²) in [6, 6.07) is 26.9. The van der Waals surface area contributed by atoms with Crippen LogP contribution in [0.15, 0.2) is 95.5 Å². The molecule has 4 rings (SSSR count). The molecule has 0 aliphatic rings. The molecule has 7 heteroatoms. The average molecular weight is 522 g/mol. The largest absolute Gasteiger partial charge is 0.507 e. The van der Waals surface area contributed by atoms with Gasteiger partial charge in [0.05, 0.1) is 0 Å². The van der Waals surface area contributed by atoms with Crippen molar-refractivity contribution < 1.29 is 24.5 Å². The molecule has 2 atom stereocenters. The standard InChI is InChI=1S/C27H24BrNO5/c28-18-10-12-19(13-11-18)29-27(32)34-26(25(16-17-30)33-20-6-2-1-3-7-20)23-14-15-24(31)22-9-5-4-8-21(22)23/h1-15,25-26,30-31H,16-17H2,(H,29,32)/t25-,26-/m0/s1. The van der Waals surface area contributed by atoms with E-state index in [2.05, 4.69) is 21.2 Å². The number of rotatable bonds is 8. The molecule has 4 aromatic rings. The van der Waals surface area contributed by atoms with Gasteiger partial charge < -0.3 is 19.7 Å². The first-order valence-electron chi connectivity index (χ1n) is 10.8. The van der Waals surface area contributed by atoms with Gasteiger partial charge in [-0.1, -0.05) is 64.5 Å². The van der Waals surface area contributed by atoms with Gasteiger partial charge in [0.25, 0.3) is 0 Å². The molecule has 0 aliphatic heterocycles. The Morgan fingerprint density at radius 1 is 0.882 bits per heavy atom. The van der Waals surface area contributed by atoms with E-state index in [4.69, 9.17) is 9.47 Å². The molecule has 174 valence electrons. The number of aromatic hydroxyl groups is 1. The molecule has 34 heavy (non-hydrogen) atoms. The summed E-state index contributed by atoms with van der Waals surface area (Å²) >= 11 is 3.37. The van der Waals surface area contributed by atoms with Crippen molar-refractivity contribution in [2.75, 3.05) is 11.9 Å². The smallest absolute Gasteiger partial charge is 0.412 e. The lowest BCUT2D eigenvalue weighted by atomic mass is 9.95. The number of anilines is 1. The number of aliphatic hydroxyl groups excluding tert-OH is 1. The second-order valence-corrected chi connectivity index (χ2v) is 8.57. The summed E-state index contributed by atoms with van der Waals surface area (Å²) in [6.45, 7) is -0.165. The van der Waals surface area contributed by atoms with Gasteiger partial charge in [-0.15, -0.1) is 0 Å². The normalized spacial score (nSPS) is 12.6.